The highest BCUT2D eigenvalue weighted by Gasteiger charge is 1.94. The largest absolute Gasteiger partial charge is 0.368 e. The molecule has 0 aliphatic rings. The standard InChI is InChI=1S/C9H9N.C3H6N2O2.2C2H6/c1-7-6-10-9-5-3-2-4-8(7)9;4-3(7)1-5-2-6;2*1-2/h2-6,10H,1H3;2H,1H2,(H2,4,7)(H,5,6);2*1-2H3. The van der Waals surface area contributed by atoms with Crippen molar-refractivity contribution < 1.29 is 9.59 Å². The van der Waals surface area contributed by atoms with Crippen LogP contribution < -0.4 is 11.1 Å². The number of para-hydroxylation sites is 1. The van der Waals surface area contributed by atoms with E-state index in [1.54, 1.807) is 0 Å². The summed E-state index contributed by atoms with van der Waals surface area (Å²) in [5, 5.41) is 3.41. The zero-order chi connectivity index (χ0) is 16.7. The first kappa shape index (κ1) is 21.0. The Bertz CT molecular complexity index is 507. The Hall–Kier alpha value is -2.30. The summed E-state index contributed by atoms with van der Waals surface area (Å²) >= 11 is 0. The summed E-state index contributed by atoms with van der Waals surface area (Å²) in [6.07, 6.45) is 2.45. The third kappa shape index (κ3) is 9.27. The molecule has 2 amide bonds. The van der Waals surface area contributed by atoms with Gasteiger partial charge in [-0.2, -0.15) is 0 Å². The van der Waals surface area contributed by atoms with E-state index in [2.05, 4.69) is 41.2 Å². The molecule has 0 saturated heterocycles. The maximum Gasteiger partial charge on any atom is 0.236 e. The van der Waals surface area contributed by atoms with E-state index >= 15 is 0 Å². The first-order valence-electron chi connectivity index (χ1n) is 7.13. The van der Waals surface area contributed by atoms with Crippen LogP contribution in [0.4, 0.5) is 0 Å². The highest BCUT2D eigenvalue weighted by molar-refractivity contribution is 5.82. The number of amides is 2. The molecular formula is C16H27N3O2. The lowest BCUT2D eigenvalue weighted by Crippen LogP contribution is -2.27. The van der Waals surface area contributed by atoms with Crippen LogP contribution in [0.25, 0.3) is 10.9 Å². The fourth-order valence-corrected chi connectivity index (χ4v) is 1.36. The SMILES string of the molecule is CC.CC.Cc1c[nH]c2ccccc12.NC(=O)CNC=O. The van der Waals surface area contributed by atoms with E-state index in [0.29, 0.717) is 6.41 Å². The lowest BCUT2D eigenvalue weighted by atomic mass is 10.2. The summed E-state index contributed by atoms with van der Waals surface area (Å²) in [6, 6.07) is 8.31. The van der Waals surface area contributed by atoms with Gasteiger partial charge in [-0.1, -0.05) is 45.9 Å². The average molecular weight is 293 g/mol. The highest BCUT2D eigenvalue weighted by atomic mass is 16.2. The summed E-state index contributed by atoms with van der Waals surface area (Å²) in [5.41, 5.74) is 7.16. The number of fused-ring (bicyclic) bond motifs is 1. The number of hydrogen-bond donors (Lipinski definition) is 3. The molecule has 5 heteroatoms. The predicted octanol–water partition coefficient (Wildman–Crippen LogP) is 2.75. The van der Waals surface area contributed by atoms with Gasteiger partial charge in [0.2, 0.25) is 12.3 Å². The summed E-state index contributed by atoms with van der Waals surface area (Å²) in [7, 11) is 0. The fraction of sp³-hybridized carbons (Fsp3) is 0.375. The molecule has 1 aromatic heterocycles. The van der Waals surface area contributed by atoms with Gasteiger partial charge in [-0.25, -0.2) is 0 Å². The van der Waals surface area contributed by atoms with Crippen molar-refractivity contribution in [3.8, 4) is 0 Å². The number of H-pyrrole nitrogens is 1. The molecule has 2 rings (SSSR count). The number of primary amides is 1. The molecule has 0 saturated carbocycles. The van der Waals surface area contributed by atoms with Crippen LogP contribution in [-0.4, -0.2) is 23.8 Å². The highest BCUT2D eigenvalue weighted by Crippen LogP contribution is 2.15. The van der Waals surface area contributed by atoms with Crippen molar-refractivity contribution in [1.29, 1.82) is 0 Å². The quantitative estimate of drug-likeness (QED) is 0.760. The van der Waals surface area contributed by atoms with Crippen molar-refractivity contribution >= 4 is 23.2 Å². The molecule has 0 radical (unpaired) electrons. The monoisotopic (exact) mass is 293 g/mol. The van der Waals surface area contributed by atoms with Gasteiger partial charge in [0.1, 0.15) is 0 Å². The number of aromatic nitrogens is 1. The second-order valence-corrected chi connectivity index (χ2v) is 3.48. The van der Waals surface area contributed by atoms with Gasteiger partial charge in [0.15, 0.2) is 0 Å². The first-order valence-corrected chi connectivity index (χ1v) is 7.13. The van der Waals surface area contributed by atoms with E-state index in [-0.39, 0.29) is 6.54 Å². The minimum atomic E-state index is -0.535. The average Bonchev–Trinajstić information content (AvgIpc) is 2.92. The van der Waals surface area contributed by atoms with Gasteiger partial charge in [-0.3, -0.25) is 9.59 Å². The Balaban J connectivity index is 0. The maximum atomic E-state index is 9.76. The summed E-state index contributed by atoms with van der Waals surface area (Å²) in [6.45, 7) is 10.0. The van der Waals surface area contributed by atoms with Crippen LogP contribution in [-0.2, 0) is 9.59 Å². The van der Waals surface area contributed by atoms with Crippen LogP contribution in [0.3, 0.4) is 0 Å². The number of nitrogens with two attached hydrogens (primary N) is 1. The minimum Gasteiger partial charge on any atom is -0.368 e. The molecule has 21 heavy (non-hydrogen) atoms. The van der Waals surface area contributed by atoms with Crippen LogP contribution in [0.2, 0.25) is 0 Å². The summed E-state index contributed by atoms with van der Waals surface area (Å²) in [4.78, 5) is 22.3. The van der Waals surface area contributed by atoms with Crippen LogP contribution in [0.15, 0.2) is 30.5 Å². The van der Waals surface area contributed by atoms with Gasteiger partial charge < -0.3 is 16.0 Å². The lowest BCUT2D eigenvalue weighted by Gasteiger charge is -1.86. The van der Waals surface area contributed by atoms with E-state index in [1.807, 2.05) is 40.0 Å². The number of carbonyl (C=O) groups is 2. The molecule has 0 atom stereocenters. The molecule has 118 valence electrons. The Morgan fingerprint density at radius 2 is 1.81 bits per heavy atom. The molecule has 0 fully saturated rings. The second kappa shape index (κ2) is 14.1. The van der Waals surface area contributed by atoms with Crippen molar-refractivity contribution in [1.82, 2.24) is 10.3 Å². The number of carbonyl (C=O) groups excluding carboxylic acids is 2. The molecule has 1 aromatic carbocycles. The van der Waals surface area contributed by atoms with E-state index in [0.717, 1.165) is 0 Å². The summed E-state index contributed by atoms with van der Waals surface area (Å²) in [5.74, 6) is -0.535. The van der Waals surface area contributed by atoms with Crippen LogP contribution in [0, 0.1) is 6.92 Å². The Morgan fingerprint density at radius 3 is 2.24 bits per heavy atom. The molecule has 0 aliphatic carbocycles. The van der Waals surface area contributed by atoms with E-state index in [4.69, 9.17) is 0 Å². The van der Waals surface area contributed by atoms with Crippen molar-refractivity contribution in [2.45, 2.75) is 34.6 Å². The van der Waals surface area contributed by atoms with Gasteiger partial charge in [0, 0.05) is 17.1 Å². The van der Waals surface area contributed by atoms with Gasteiger partial charge in [0.05, 0.1) is 6.54 Å². The molecule has 0 bridgehead atoms. The zero-order valence-corrected chi connectivity index (χ0v) is 13.6. The number of benzene rings is 1. The van der Waals surface area contributed by atoms with E-state index in [1.165, 1.54) is 16.5 Å². The maximum absolute atomic E-state index is 9.76. The van der Waals surface area contributed by atoms with Crippen LogP contribution >= 0.6 is 0 Å². The Kier molecular flexibility index (Phi) is 14.1. The fourth-order valence-electron chi connectivity index (χ4n) is 1.36. The number of aryl methyl sites for hydroxylation is 1. The van der Waals surface area contributed by atoms with Crippen molar-refractivity contribution in [2.24, 2.45) is 5.73 Å². The smallest absolute Gasteiger partial charge is 0.236 e. The van der Waals surface area contributed by atoms with Gasteiger partial charge >= 0.3 is 0 Å². The predicted molar refractivity (Wildman–Crippen MR) is 89.0 cm³/mol. The third-order valence-electron chi connectivity index (χ3n) is 2.16. The van der Waals surface area contributed by atoms with Crippen LogP contribution in [0.1, 0.15) is 33.3 Å². The van der Waals surface area contributed by atoms with Crippen LogP contribution in [0.5, 0.6) is 0 Å². The summed E-state index contributed by atoms with van der Waals surface area (Å²) < 4.78 is 0. The number of nitrogens with one attached hydrogen (secondary N) is 2. The first-order chi connectivity index (χ1) is 10.1. The normalized spacial score (nSPS) is 8.05. The minimum absolute atomic E-state index is 0.0799. The number of rotatable bonds is 3. The Labute approximate surface area is 126 Å². The topological polar surface area (TPSA) is 88.0 Å². The van der Waals surface area contributed by atoms with Crippen molar-refractivity contribution in [2.75, 3.05) is 6.54 Å². The number of aromatic amines is 1. The molecule has 5 nitrogen and oxygen atoms in total. The number of hydrogen-bond acceptors (Lipinski definition) is 2. The molecule has 0 aliphatic heterocycles. The lowest BCUT2D eigenvalue weighted by molar-refractivity contribution is -0.119. The molecule has 0 spiro atoms. The third-order valence-corrected chi connectivity index (χ3v) is 2.16. The van der Waals surface area contributed by atoms with Gasteiger partial charge in [-0.15, -0.1) is 0 Å². The second-order valence-electron chi connectivity index (χ2n) is 3.48. The molecule has 2 aromatic rings. The van der Waals surface area contributed by atoms with Gasteiger partial charge in [-0.05, 0) is 18.6 Å². The molecule has 4 N–H and O–H groups in total. The van der Waals surface area contributed by atoms with Crippen molar-refractivity contribution in [3.05, 3.63) is 36.0 Å². The Morgan fingerprint density at radius 1 is 1.24 bits per heavy atom. The molecule has 0 unspecified atom stereocenters. The zero-order valence-electron chi connectivity index (χ0n) is 13.6. The van der Waals surface area contributed by atoms with Crippen molar-refractivity contribution in [3.63, 3.8) is 0 Å². The molecular weight excluding hydrogens is 266 g/mol. The van der Waals surface area contributed by atoms with Gasteiger partial charge in [0.25, 0.3) is 0 Å². The van der Waals surface area contributed by atoms with E-state index < -0.39 is 5.91 Å². The van der Waals surface area contributed by atoms with E-state index in [9.17, 15) is 9.59 Å². The molecule has 1 heterocycles.